The van der Waals surface area contributed by atoms with E-state index in [1.807, 2.05) is 35.9 Å². The number of carbonyl (C=O) groups is 1. The van der Waals surface area contributed by atoms with Crippen molar-refractivity contribution in [2.24, 2.45) is 0 Å². The first-order valence-electron chi connectivity index (χ1n) is 6.83. The Morgan fingerprint density at radius 1 is 1.18 bits per heavy atom. The standard InChI is InChI=1S/C17H16N2O3/c1-11-10-19(13-7-14(21-2)9-18-8-13)16-5-4-12(6-15(11)16)17(20)22-3/h4-10H,1-3H3. The van der Waals surface area contributed by atoms with Crippen LogP contribution in [0.3, 0.4) is 0 Å². The molecule has 22 heavy (non-hydrogen) atoms. The molecule has 1 aromatic carbocycles. The predicted molar refractivity (Wildman–Crippen MR) is 83.7 cm³/mol. The molecule has 3 rings (SSSR count). The van der Waals surface area contributed by atoms with Crippen LogP contribution < -0.4 is 4.74 Å². The van der Waals surface area contributed by atoms with Crippen molar-refractivity contribution in [2.45, 2.75) is 6.92 Å². The van der Waals surface area contributed by atoms with Gasteiger partial charge in [-0.1, -0.05) is 0 Å². The monoisotopic (exact) mass is 296 g/mol. The topological polar surface area (TPSA) is 53.4 Å². The number of hydrogen-bond donors (Lipinski definition) is 0. The van der Waals surface area contributed by atoms with Crippen molar-refractivity contribution < 1.29 is 14.3 Å². The molecule has 0 amide bonds. The summed E-state index contributed by atoms with van der Waals surface area (Å²) in [6.07, 6.45) is 5.45. The molecule has 0 saturated heterocycles. The van der Waals surface area contributed by atoms with Gasteiger partial charge in [0.2, 0.25) is 0 Å². The molecular weight excluding hydrogens is 280 g/mol. The van der Waals surface area contributed by atoms with E-state index >= 15 is 0 Å². The number of aryl methyl sites for hydroxylation is 1. The number of nitrogens with zero attached hydrogens (tertiary/aromatic N) is 2. The fourth-order valence-electron chi connectivity index (χ4n) is 2.50. The third-order valence-corrected chi connectivity index (χ3v) is 3.64. The number of ether oxygens (including phenoxy) is 2. The lowest BCUT2D eigenvalue weighted by molar-refractivity contribution is 0.0601. The van der Waals surface area contributed by atoms with Crippen LogP contribution in [0.15, 0.2) is 42.9 Å². The maximum atomic E-state index is 11.7. The minimum Gasteiger partial charge on any atom is -0.495 e. The van der Waals surface area contributed by atoms with Gasteiger partial charge in [-0.2, -0.15) is 0 Å². The lowest BCUT2D eigenvalue weighted by Gasteiger charge is -2.07. The van der Waals surface area contributed by atoms with E-state index in [4.69, 9.17) is 9.47 Å². The van der Waals surface area contributed by atoms with Crippen molar-refractivity contribution in [3.8, 4) is 11.4 Å². The van der Waals surface area contributed by atoms with Gasteiger partial charge in [-0.05, 0) is 30.7 Å². The van der Waals surface area contributed by atoms with Crippen LogP contribution in [-0.4, -0.2) is 29.7 Å². The van der Waals surface area contributed by atoms with Crippen molar-refractivity contribution in [3.63, 3.8) is 0 Å². The number of benzene rings is 1. The van der Waals surface area contributed by atoms with E-state index in [1.165, 1.54) is 7.11 Å². The third kappa shape index (κ3) is 2.30. The first-order valence-corrected chi connectivity index (χ1v) is 6.83. The van der Waals surface area contributed by atoms with E-state index in [0.29, 0.717) is 11.3 Å². The Bertz CT molecular complexity index is 852. The molecule has 0 saturated carbocycles. The Hall–Kier alpha value is -2.82. The van der Waals surface area contributed by atoms with Gasteiger partial charge in [-0.3, -0.25) is 4.98 Å². The third-order valence-electron chi connectivity index (χ3n) is 3.64. The average molecular weight is 296 g/mol. The van der Waals surface area contributed by atoms with E-state index < -0.39 is 0 Å². The molecule has 5 nitrogen and oxygen atoms in total. The predicted octanol–water partition coefficient (Wildman–Crippen LogP) is 3.13. The molecule has 0 bridgehead atoms. The molecule has 5 heteroatoms. The zero-order valence-corrected chi connectivity index (χ0v) is 12.7. The molecular formula is C17H16N2O3. The minimum absolute atomic E-state index is 0.336. The molecule has 0 radical (unpaired) electrons. The molecule has 0 aliphatic carbocycles. The second-order valence-corrected chi connectivity index (χ2v) is 4.99. The Kier molecular flexibility index (Phi) is 3.55. The van der Waals surface area contributed by atoms with Gasteiger partial charge in [0.25, 0.3) is 0 Å². The summed E-state index contributed by atoms with van der Waals surface area (Å²) in [4.78, 5) is 15.9. The van der Waals surface area contributed by atoms with E-state index in [0.717, 1.165) is 22.2 Å². The largest absolute Gasteiger partial charge is 0.495 e. The lowest BCUT2D eigenvalue weighted by Crippen LogP contribution is -2.01. The highest BCUT2D eigenvalue weighted by atomic mass is 16.5. The zero-order chi connectivity index (χ0) is 15.7. The van der Waals surface area contributed by atoms with Gasteiger partial charge in [0.15, 0.2) is 0 Å². The smallest absolute Gasteiger partial charge is 0.337 e. The van der Waals surface area contributed by atoms with Gasteiger partial charge in [0.05, 0.1) is 43.4 Å². The van der Waals surface area contributed by atoms with Gasteiger partial charge in [0, 0.05) is 17.6 Å². The van der Waals surface area contributed by atoms with Crippen LogP contribution in [0.5, 0.6) is 5.75 Å². The van der Waals surface area contributed by atoms with Crippen molar-refractivity contribution in [3.05, 3.63) is 54.0 Å². The molecule has 3 aromatic rings. The first kappa shape index (κ1) is 14.1. The number of fused-ring (bicyclic) bond motifs is 1. The van der Waals surface area contributed by atoms with Crippen molar-refractivity contribution in [2.75, 3.05) is 14.2 Å². The Balaban J connectivity index is 2.17. The summed E-state index contributed by atoms with van der Waals surface area (Å²) in [6, 6.07) is 7.44. The average Bonchev–Trinajstić information content (AvgIpc) is 2.90. The van der Waals surface area contributed by atoms with Crippen LogP contribution in [0.25, 0.3) is 16.6 Å². The minimum atomic E-state index is -0.336. The first-order chi connectivity index (χ1) is 10.6. The highest BCUT2D eigenvalue weighted by Crippen LogP contribution is 2.26. The molecule has 0 N–H and O–H groups in total. The summed E-state index contributed by atoms with van der Waals surface area (Å²) >= 11 is 0. The Labute approximate surface area is 128 Å². The summed E-state index contributed by atoms with van der Waals surface area (Å²) in [6.45, 7) is 2.01. The molecule has 0 atom stereocenters. The zero-order valence-electron chi connectivity index (χ0n) is 12.7. The summed E-state index contributed by atoms with van der Waals surface area (Å²) < 4.78 is 12.0. The Morgan fingerprint density at radius 2 is 2.00 bits per heavy atom. The second-order valence-electron chi connectivity index (χ2n) is 4.99. The van der Waals surface area contributed by atoms with Gasteiger partial charge in [-0.15, -0.1) is 0 Å². The van der Waals surface area contributed by atoms with E-state index in [2.05, 4.69) is 4.98 Å². The molecule has 112 valence electrons. The molecule has 2 heterocycles. The van der Waals surface area contributed by atoms with E-state index in [1.54, 1.807) is 25.6 Å². The van der Waals surface area contributed by atoms with Crippen molar-refractivity contribution in [1.82, 2.24) is 9.55 Å². The second kappa shape index (κ2) is 5.52. The number of rotatable bonds is 3. The summed E-state index contributed by atoms with van der Waals surface area (Å²) in [5, 5.41) is 1.01. The Morgan fingerprint density at radius 3 is 2.73 bits per heavy atom. The van der Waals surface area contributed by atoms with Crippen LogP contribution >= 0.6 is 0 Å². The van der Waals surface area contributed by atoms with Gasteiger partial charge >= 0.3 is 5.97 Å². The molecule has 2 aromatic heterocycles. The summed E-state index contributed by atoms with van der Waals surface area (Å²) in [5.41, 5.74) is 3.52. The van der Waals surface area contributed by atoms with Gasteiger partial charge in [0.1, 0.15) is 5.75 Å². The fourth-order valence-corrected chi connectivity index (χ4v) is 2.50. The van der Waals surface area contributed by atoms with Crippen molar-refractivity contribution >= 4 is 16.9 Å². The van der Waals surface area contributed by atoms with Crippen LogP contribution in [0.1, 0.15) is 15.9 Å². The van der Waals surface area contributed by atoms with Crippen LogP contribution in [0.2, 0.25) is 0 Å². The number of carbonyl (C=O) groups excluding carboxylic acids is 1. The van der Waals surface area contributed by atoms with Crippen LogP contribution in [0, 0.1) is 6.92 Å². The number of methoxy groups -OCH3 is 2. The number of aromatic nitrogens is 2. The molecule has 0 aliphatic rings. The van der Waals surface area contributed by atoms with Gasteiger partial charge < -0.3 is 14.0 Å². The summed E-state index contributed by atoms with van der Waals surface area (Å²) in [5.74, 6) is 0.361. The van der Waals surface area contributed by atoms with E-state index in [-0.39, 0.29) is 5.97 Å². The number of pyridine rings is 1. The quantitative estimate of drug-likeness (QED) is 0.697. The van der Waals surface area contributed by atoms with E-state index in [9.17, 15) is 4.79 Å². The highest BCUT2D eigenvalue weighted by molar-refractivity contribution is 5.96. The van der Waals surface area contributed by atoms with Crippen molar-refractivity contribution in [1.29, 1.82) is 0 Å². The SMILES string of the molecule is COC(=O)c1ccc2c(c1)c(C)cn2-c1cncc(OC)c1. The fraction of sp³-hybridized carbons (Fsp3) is 0.176. The number of hydrogen-bond acceptors (Lipinski definition) is 4. The number of esters is 1. The molecule has 0 spiro atoms. The molecule has 0 aliphatic heterocycles. The molecule has 0 unspecified atom stereocenters. The summed E-state index contributed by atoms with van der Waals surface area (Å²) in [7, 11) is 2.99. The van der Waals surface area contributed by atoms with Crippen LogP contribution in [-0.2, 0) is 4.74 Å². The maximum absolute atomic E-state index is 11.7. The lowest BCUT2D eigenvalue weighted by atomic mass is 10.1. The highest BCUT2D eigenvalue weighted by Gasteiger charge is 2.12. The maximum Gasteiger partial charge on any atom is 0.337 e. The van der Waals surface area contributed by atoms with Crippen LogP contribution in [0.4, 0.5) is 0 Å². The normalized spacial score (nSPS) is 10.7. The van der Waals surface area contributed by atoms with Gasteiger partial charge in [-0.25, -0.2) is 4.79 Å². The molecule has 0 fully saturated rings.